The molecule has 0 spiro atoms. The molecule has 12 heavy (non-hydrogen) atoms. The van der Waals surface area contributed by atoms with Gasteiger partial charge in [-0.05, 0) is 12.1 Å². The highest BCUT2D eigenvalue weighted by atomic mass is 16.4. The summed E-state index contributed by atoms with van der Waals surface area (Å²) in [5, 5.41) is 8.78. The molecule has 4 nitrogen and oxygen atoms in total. The van der Waals surface area contributed by atoms with Crippen LogP contribution in [0.1, 0.15) is 11.9 Å². The summed E-state index contributed by atoms with van der Waals surface area (Å²) < 4.78 is 8.82. The maximum Gasteiger partial charge on any atom is 0.352 e. The first-order valence-electron chi connectivity index (χ1n) is 3.86. The number of hydrogen-bond acceptors (Lipinski definition) is 2. The molecule has 2 rings (SSSR count). The van der Waals surface area contributed by atoms with Gasteiger partial charge in [0.25, 0.3) is 0 Å². The van der Waals surface area contributed by atoms with Crippen molar-refractivity contribution in [3.8, 4) is 0 Å². The summed E-state index contributed by atoms with van der Waals surface area (Å²) in [6, 6.07) is 3.03. The van der Waals surface area contributed by atoms with Crippen LogP contribution < -0.4 is 0 Å². The van der Waals surface area contributed by atoms with E-state index in [2.05, 4.69) is 4.98 Å². The van der Waals surface area contributed by atoms with E-state index in [0.717, 1.165) is 0 Å². The summed E-state index contributed by atoms with van der Waals surface area (Å²) in [6.45, 7) is 0. The molecule has 0 aromatic carbocycles. The zero-order chi connectivity index (χ0) is 9.42. The predicted octanol–water partition coefficient (Wildman–Crippen LogP) is 1.03. The van der Waals surface area contributed by atoms with Crippen molar-refractivity contribution in [1.82, 2.24) is 9.38 Å². The number of hydrogen-bond donors (Lipinski definition) is 1. The van der Waals surface area contributed by atoms with Gasteiger partial charge in [-0.2, -0.15) is 0 Å². The van der Waals surface area contributed by atoms with Crippen molar-refractivity contribution in [3.05, 3.63) is 36.3 Å². The molecule has 0 unspecified atom stereocenters. The molecule has 0 aliphatic carbocycles. The van der Waals surface area contributed by atoms with E-state index in [1.807, 2.05) is 0 Å². The molecule has 0 fully saturated rings. The molecule has 4 heteroatoms. The quantitative estimate of drug-likeness (QED) is 0.683. The van der Waals surface area contributed by atoms with Crippen LogP contribution in [0, 0.1) is 0 Å². The number of imidazole rings is 1. The molecule has 0 aliphatic heterocycles. The Morgan fingerprint density at radius 1 is 1.75 bits per heavy atom. The van der Waals surface area contributed by atoms with Crippen molar-refractivity contribution in [2.45, 2.75) is 0 Å². The van der Waals surface area contributed by atoms with Crippen LogP contribution in [0.3, 0.4) is 0 Å². The Morgan fingerprint density at radius 3 is 3.33 bits per heavy atom. The van der Waals surface area contributed by atoms with Crippen LogP contribution in [-0.2, 0) is 0 Å². The second kappa shape index (κ2) is 2.34. The average Bonchev–Trinajstić information content (AvgIpc) is 2.53. The number of rotatable bonds is 1. The Morgan fingerprint density at radius 2 is 2.58 bits per heavy atom. The number of nitrogens with zero attached hydrogens (tertiary/aromatic N) is 2. The third kappa shape index (κ3) is 0.852. The van der Waals surface area contributed by atoms with E-state index in [-0.39, 0.29) is 11.7 Å². The van der Waals surface area contributed by atoms with Crippen molar-refractivity contribution in [2.24, 2.45) is 0 Å². The van der Waals surface area contributed by atoms with E-state index >= 15 is 0 Å². The zero-order valence-electron chi connectivity index (χ0n) is 7.06. The molecular weight excluding hydrogens is 156 g/mol. The van der Waals surface area contributed by atoms with Crippen LogP contribution in [0.5, 0.6) is 0 Å². The fourth-order valence-corrected chi connectivity index (χ4v) is 1.05. The first-order chi connectivity index (χ1) is 6.20. The molecule has 2 heterocycles. The summed E-state index contributed by atoms with van der Waals surface area (Å²) in [6.07, 6.45) is 3.00. The van der Waals surface area contributed by atoms with Gasteiger partial charge < -0.3 is 5.11 Å². The highest BCUT2D eigenvalue weighted by Gasteiger charge is 2.06. The van der Waals surface area contributed by atoms with E-state index < -0.39 is 5.97 Å². The van der Waals surface area contributed by atoms with E-state index in [1.54, 1.807) is 0 Å². The van der Waals surface area contributed by atoms with E-state index in [1.165, 1.54) is 28.9 Å². The normalized spacial score (nSPS) is 11.5. The molecule has 0 saturated heterocycles. The highest BCUT2D eigenvalue weighted by molar-refractivity contribution is 5.86. The number of fused-ring (bicyclic) bond motifs is 1. The molecule has 2 aromatic heterocycles. The molecule has 0 bridgehead atoms. The Bertz CT molecular complexity index is 478. The van der Waals surface area contributed by atoms with Gasteiger partial charge in [-0.1, -0.05) is 6.07 Å². The number of aromatic carboxylic acids is 1. The molecule has 0 radical (unpaired) electrons. The Labute approximate surface area is 69.5 Å². The molecule has 1 N–H and O–H groups in total. The summed E-state index contributed by atoms with van der Waals surface area (Å²) in [5.41, 5.74) is 0.475. The molecule has 0 aliphatic rings. The fourth-order valence-electron chi connectivity index (χ4n) is 1.05. The number of carbonyl (C=O) groups is 1. The van der Waals surface area contributed by atoms with Crippen molar-refractivity contribution in [3.63, 3.8) is 0 Å². The number of pyridine rings is 1. The smallest absolute Gasteiger partial charge is 0.352 e. The zero-order valence-corrected chi connectivity index (χ0v) is 6.06. The third-order valence-corrected chi connectivity index (χ3v) is 1.57. The van der Waals surface area contributed by atoms with Crippen molar-refractivity contribution >= 4 is 11.6 Å². The molecule has 2 aromatic rings. The second-order valence-corrected chi connectivity index (χ2v) is 2.29. The summed E-state index contributed by atoms with van der Waals surface area (Å²) in [7, 11) is 0. The van der Waals surface area contributed by atoms with Crippen LogP contribution in [0.15, 0.2) is 30.6 Å². The monoisotopic (exact) mass is 163 g/mol. The molecule has 0 amide bonds. The molecule has 0 atom stereocenters. The summed E-state index contributed by atoms with van der Waals surface area (Å²) in [5.74, 6) is -1.03. The number of carboxylic acids is 1. The van der Waals surface area contributed by atoms with Crippen LogP contribution in [0.25, 0.3) is 5.65 Å². The Hall–Kier alpha value is -1.84. The minimum absolute atomic E-state index is 0.114. The summed E-state index contributed by atoms with van der Waals surface area (Å²) in [4.78, 5) is 14.6. The van der Waals surface area contributed by atoms with Gasteiger partial charge in [0, 0.05) is 12.4 Å². The van der Waals surface area contributed by atoms with Gasteiger partial charge in [0.2, 0.25) is 0 Å². The van der Waals surface area contributed by atoms with Gasteiger partial charge in [0.15, 0.2) is 0 Å². The lowest BCUT2D eigenvalue weighted by Gasteiger charge is -1.97. The fraction of sp³-hybridized carbons (Fsp3) is 0. The lowest BCUT2D eigenvalue weighted by molar-refractivity contribution is 0.0689. The van der Waals surface area contributed by atoms with Gasteiger partial charge in [0.1, 0.15) is 11.3 Å². The van der Waals surface area contributed by atoms with Gasteiger partial charge in [0.05, 0.1) is 1.37 Å². The maximum absolute atomic E-state index is 10.7. The highest BCUT2D eigenvalue weighted by Crippen LogP contribution is 2.04. The lowest BCUT2D eigenvalue weighted by atomic mass is 10.3. The molecule has 60 valence electrons. The van der Waals surface area contributed by atoms with Crippen molar-refractivity contribution < 1.29 is 11.3 Å². The van der Waals surface area contributed by atoms with E-state index in [9.17, 15) is 4.79 Å². The van der Waals surface area contributed by atoms with Gasteiger partial charge >= 0.3 is 5.97 Å². The van der Waals surface area contributed by atoms with Crippen LogP contribution >= 0.6 is 0 Å². The largest absolute Gasteiger partial charge is 0.477 e. The van der Waals surface area contributed by atoms with Gasteiger partial charge in [-0.15, -0.1) is 0 Å². The van der Waals surface area contributed by atoms with Crippen LogP contribution in [0.2, 0.25) is 0 Å². The lowest BCUT2D eigenvalue weighted by Crippen LogP contribution is -2.03. The number of aromatic nitrogens is 2. The first kappa shape index (κ1) is 5.77. The van der Waals surface area contributed by atoms with E-state index in [4.69, 9.17) is 6.48 Å². The minimum atomic E-state index is -1.03. The number of carboxylic acid groups (broad SMARTS) is 1. The maximum atomic E-state index is 10.7. The van der Waals surface area contributed by atoms with Crippen molar-refractivity contribution in [1.29, 1.82) is 0 Å². The van der Waals surface area contributed by atoms with Gasteiger partial charge in [-0.3, -0.25) is 4.40 Å². The van der Waals surface area contributed by atoms with E-state index in [0.29, 0.717) is 5.65 Å². The van der Waals surface area contributed by atoms with Gasteiger partial charge in [-0.25, -0.2) is 9.78 Å². The minimum Gasteiger partial charge on any atom is -0.477 e. The second-order valence-electron chi connectivity index (χ2n) is 2.29. The SMILES string of the molecule is [2H]c1ccc(C(=O)O)n2ccnc12. The van der Waals surface area contributed by atoms with Crippen molar-refractivity contribution in [2.75, 3.05) is 0 Å². The third-order valence-electron chi connectivity index (χ3n) is 1.57. The standard InChI is InChI=1S/C8H6N2O2/c11-8(12)6-2-1-3-7-9-4-5-10(6)7/h1-5H,(H,11,12)/i3D. The Kier molecular flexibility index (Phi) is 1.12. The first-order valence-corrected chi connectivity index (χ1v) is 3.36. The van der Waals surface area contributed by atoms with Crippen LogP contribution in [-0.4, -0.2) is 20.5 Å². The summed E-state index contributed by atoms with van der Waals surface area (Å²) >= 11 is 0. The molecular formula is C8H6N2O2. The van der Waals surface area contributed by atoms with Crippen LogP contribution in [0.4, 0.5) is 0 Å². The average molecular weight is 163 g/mol. The molecule has 0 saturated carbocycles. The Balaban J connectivity index is 2.86. The topological polar surface area (TPSA) is 54.6 Å². The predicted molar refractivity (Wildman–Crippen MR) is 42.2 cm³/mol.